The van der Waals surface area contributed by atoms with E-state index in [4.69, 9.17) is 0 Å². The first-order valence-electron chi connectivity index (χ1n) is 16.7. The first-order valence-corrected chi connectivity index (χ1v) is 22.6. The van der Waals surface area contributed by atoms with Crippen LogP contribution in [0.4, 0.5) is 0 Å². The molecule has 1 unspecified atom stereocenters. The van der Waals surface area contributed by atoms with E-state index in [9.17, 15) is 0 Å². The summed E-state index contributed by atoms with van der Waals surface area (Å²) in [6.45, 7) is 14.1. The van der Waals surface area contributed by atoms with Gasteiger partial charge in [-0.05, 0) is 0 Å². The molecule has 0 aromatic heterocycles. The molecule has 0 aliphatic carbocycles. The molecule has 0 amide bonds. The van der Waals surface area contributed by atoms with Gasteiger partial charge in [0.25, 0.3) is 0 Å². The summed E-state index contributed by atoms with van der Waals surface area (Å²) in [4.78, 5) is 0. The van der Waals surface area contributed by atoms with Gasteiger partial charge in [-0.3, -0.25) is 0 Å². The van der Waals surface area contributed by atoms with Crippen molar-refractivity contribution in [3.8, 4) is 0 Å². The van der Waals surface area contributed by atoms with Crippen LogP contribution in [0.15, 0.2) is 146 Å². The van der Waals surface area contributed by atoms with Crippen LogP contribution in [-0.2, 0) is 6.42 Å². The van der Waals surface area contributed by atoms with Crippen LogP contribution in [0.3, 0.4) is 0 Å². The molecule has 0 aliphatic heterocycles. The average Bonchev–Trinajstić information content (AvgIpc) is 3.05. The Bertz CT molecular complexity index is 1710. The molecule has 0 saturated carbocycles. The van der Waals surface area contributed by atoms with E-state index in [2.05, 4.69) is 187 Å². The third-order valence-corrected chi connectivity index (χ3v) is 25.4. The fraction of sp³-hybridized carbons (Fsp3) is 0.182. The Kier molecular flexibility index (Phi) is 9.71. The van der Waals surface area contributed by atoms with Crippen LogP contribution < -0.4 is 21.7 Å². The molecule has 2 heteroatoms. The Morgan fingerprint density at radius 3 is 1.07 bits per heavy atom. The molecule has 0 N–H and O–H groups in total. The molecule has 0 spiro atoms. The molecule has 0 radical (unpaired) electrons. The third-order valence-electron chi connectivity index (χ3n) is 10.0. The summed E-state index contributed by atoms with van der Waals surface area (Å²) < 4.78 is 4.93. The van der Waals surface area contributed by atoms with Gasteiger partial charge in [-0.1, -0.05) is 0 Å². The fourth-order valence-electron chi connectivity index (χ4n) is 8.54. The van der Waals surface area contributed by atoms with Crippen molar-refractivity contribution in [3.63, 3.8) is 0 Å². The number of hydrogen-bond acceptors (Lipinski definition) is 0. The van der Waals surface area contributed by atoms with E-state index in [0.29, 0.717) is 3.83 Å². The van der Waals surface area contributed by atoms with Gasteiger partial charge in [0.2, 0.25) is 0 Å². The SMILES string of the molecule is Cc1cc(C)c(B(c2c(C)cc(C)cc2C)[CH](Cc2ccccc2)[Sn]([c]2ccccc2)([c]2ccccc2)[c]2ccccc2)c(C)c1. The van der Waals surface area contributed by atoms with E-state index < -0.39 is 18.4 Å². The standard InChI is InChI=1S/C26H30B.3C6H5.Sn/c1-18-14-20(3)25(21(4)15-18)27(13-12-24-10-8-7-9-11-24)26-22(5)16-19(2)17-23(26)6;3*1-2-4-6-5-3-1;/h7-11,13-17H,12H2,1-6H3;3*1-5H;. The van der Waals surface area contributed by atoms with Crippen molar-refractivity contribution in [2.24, 2.45) is 0 Å². The Hall–Kier alpha value is -3.82. The first kappa shape index (κ1) is 32.1. The van der Waals surface area contributed by atoms with Gasteiger partial charge in [-0.15, -0.1) is 0 Å². The van der Waals surface area contributed by atoms with Crippen molar-refractivity contribution in [2.45, 2.75) is 51.8 Å². The van der Waals surface area contributed by atoms with Crippen molar-refractivity contribution < 1.29 is 0 Å². The summed E-state index contributed by atoms with van der Waals surface area (Å²) >= 11 is -3.97. The maximum atomic E-state index is 2.45. The van der Waals surface area contributed by atoms with Gasteiger partial charge in [-0.2, -0.15) is 0 Å². The summed E-state index contributed by atoms with van der Waals surface area (Å²) in [7, 11) is 0. The van der Waals surface area contributed by atoms with Crippen LogP contribution >= 0.6 is 0 Å². The Labute approximate surface area is 281 Å². The van der Waals surface area contributed by atoms with E-state index in [1.54, 1.807) is 0 Å². The van der Waals surface area contributed by atoms with Crippen LogP contribution in [0.5, 0.6) is 0 Å². The van der Waals surface area contributed by atoms with Gasteiger partial charge in [0.05, 0.1) is 0 Å². The number of hydrogen-bond donors (Lipinski definition) is 0. The molecule has 6 aromatic carbocycles. The van der Waals surface area contributed by atoms with Crippen LogP contribution in [-0.4, -0.2) is 25.1 Å². The molecule has 46 heavy (non-hydrogen) atoms. The number of benzene rings is 6. The van der Waals surface area contributed by atoms with Crippen LogP contribution in [0.2, 0.25) is 3.83 Å². The Balaban J connectivity index is 1.83. The molecule has 6 aromatic rings. The fourth-order valence-corrected chi connectivity index (χ4v) is 25.1. The molecule has 0 saturated heterocycles. The second-order valence-electron chi connectivity index (χ2n) is 13.3. The molecule has 0 heterocycles. The van der Waals surface area contributed by atoms with Crippen LogP contribution in [0, 0.1) is 41.5 Å². The van der Waals surface area contributed by atoms with Gasteiger partial charge >= 0.3 is 283 Å². The van der Waals surface area contributed by atoms with Crippen molar-refractivity contribution in [1.29, 1.82) is 0 Å². The van der Waals surface area contributed by atoms with E-state index in [0.717, 1.165) is 6.42 Å². The van der Waals surface area contributed by atoms with Gasteiger partial charge in [-0.25, -0.2) is 0 Å². The molecule has 0 nitrogen and oxygen atoms in total. The quantitative estimate of drug-likeness (QED) is 0.137. The van der Waals surface area contributed by atoms with Crippen molar-refractivity contribution in [3.05, 3.63) is 185 Å². The van der Waals surface area contributed by atoms with E-state index in [-0.39, 0.29) is 6.71 Å². The predicted octanol–water partition coefficient (Wildman–Crippen LogP) is 7.47. The topological polar surface area (TPSA) is 0 Å². The van der Waals surface area contributed by atoms with Gasteiger partial charge in [0, 0.05) is 0 Å². The minimum atomic E-state index is -3.97. The first-order chi connectivity index (χ1) is 22.3. The summed E-state index contributed by atoms with van der Waals surface area (Å²) in [5.74, 6) is 0. The summed E-state index contributed by atoms with van der Waals surface area (Å²) in [5.41, 5.74) is 12.7. The van der Waals surface area contributed by atoms with Gasteiger partial charge in [0.1, 0.15) is 0 Å². The van der Waals surface area contributed by atoms with E-state index in [1.165, 1.54) is 60.6 Å². The Morgan fingerprint density at radius 2 is 0.739 bits per heavy atom. The third kappa shape index (κ3) is 6.15. The molecular weight excluding hydrogens is 658 g/mol. The average molecular weight is 703 g/mol. The second-order valence-corrected chi connectivity index (χ2v) is 25.0. The van der Waals surface area contributed by atoms with Crippen molar-refractivity contribution in [1.82, 2.24) is 0 Å². The predicted molar refractivity (Wildman–Crippen MR) is 204 cm³/mol. The zero-order valence-corrected chi connectivity index (χ0v) is 31.1. The molecular formula is C44H45BSn. The Morgan fingerprint density at radius 1 is 0.435 bits per heavy atom. The molecule has 6 rings (SSSR count). The second kappa shape index (κ2) is 13.9. The van der Waals surface area contributed by atoms with E-state index >= 15 is 0 Å². The molecule has 0 bridgehead atoms. The number of aryl methyl sites for hydroxylation is 6. The zero-order chi connectivity index (χ0) is 32.3. The van der Waals surface area contributed by atoms with Crippen molar-refractivity contribution >= 4 is 46.8 Å². The van der Waals surface area contributed by atoms with Gasteiger partial charge in [0.15, 0.2) is 0 Å². The van der Waals surface area contributed by atoms with Crippen LogP contribution in [0.1, 0.15) is 38.9 Å². The molecule has 0 aliphatic rings. The summed E-state index contributed by atoms with van der Waals surface area (Å²) in [6.07, 6.45) is 1.000. The monoisotopic (exact) mass is 704 g/mol. The van der Waals surface area contributed by atoms with Crippen molar-refractivity contribution in [2.75, 3.05) is 0 Å². The molecule has 0 fully saturated rings. The van der Waals surface area contributed by atoms with Crippen LogP contribution in [0.25, 0.3) is 0 Å². The normalized spacial score (nSPS) is 12.1. The zero-order valence-electron chi connectivity index (χ0n) is 28.2. The number of rotatable bonds is 9. The van der Waals surface area contributed by atoms with Gasteiger partial charge < -0.3 is 0 Å². The minimum absolute atomic E-state index is 0.206. The molecule has 228 valence electrons. The molecule has 1 atom stereocenters. The summed E-state index contributed by atoms with van der Waals surface area (Å²) in [6, 6.07) is 55.8. The summed E-state index contributed by atoms with van der Waals surface area (Å²) in [5, 5.41) is 0. The van der Waals surface area contributed by atoms with E-state index in [1.807, 2.05) is 0 Å². The maximum absolute atomic E-state index is 3.97.